The summed E-state index contributed by atoms with van der Waals surface area (Å²) in [5.41, 5.74) is 1.50. The zero-order valence-corrected chi connectivity index (χ0v) is 15.2. The molecule has 1 amide bonds. The molecule has 0 radical (unpaired) electrons. The first kappa shape index (κ1) is 17.9. The maximum Gasteiger partial charge on any atom is 0.272 e. The van der Waals surface area contributed by atoms with Gasteiger partial charge >= 0.3 is 0 Å². The highest BCUT2D eigenvalue weighted by atomic mass is 19.1. The number of para-hydroxylation sites is 1. The molecule has 2 aliphatic heterocycles. The molecular formula is C21H24FN3O2. The maximum atomic E-state index is 13.7. The normalized spacial score (nSPS) is 20.6. The number of hydrogen-bond donors (Lipinski definition) is 1. The molecule has 0 aliphatic carbocycles. The van der Waals surface area contributed by atoms with Crippen molar-refractivity contribution in [2.75, 3.05) is 26.2 Å². The van der Waals surface area contributed by atoms with Crippen LogP contribution in [0.3, 0.4) is 0 Å². The predicted octanol–water partition coefficient (Wildman–Crippen LogP) is 2.98. The number of hydrogen-bond acceptors (Lipinski definition) is 4. The van der Waals surface area contributed by atoms with E-state index in [4.69, 9.17) is 4.74 Å². The van der Waals surface area contributed by atoms with Crippen molar-refractivity contribution in [1.82, 2.24) is 15.2 Å². The van der Waals surface area contributed by atoms with Gasteiger partial charge in [-0.1, -0.05) is 18.2 Å². The molecule has 2 saturated heterocycles. The zero-order chi connectivity index (χ0) is 18.6. The van der Waals surface area contributed by atoms with E-state index in [0.29, 0.717) is 37.5 Å². The number of piperidine rings is 1. The molecule has 1 aromatic heterocycles. The monoisotopic (exact) mass is 369 g/mol. The van der Waals surface area contributed by atoms with Crippen molar-refractivity contribution in [1.29, 1.82) is 0 Å². The Morgan fingerprint density at radius 1 is 1.11 bits per heavy atom. The van der Waals surface area contributed by atoms with Gasteiger partial charge in [0.05, 0.1) is 0 Å². The van der Waals surface area contributed by atoms with Crippen LogP contribution in [0.1, 0.15) is 41.4 Å². The number of nitrogens with zero attached hydrogens (tertiary/aromatic N) is 2. The third kappa shape index (κ3) is 4.11. The fourth-order valence-electron chi connectivity index (χ4n) is 3.76. The van der Waals surface area contributed by atoms with Crippen LogP contribution in [0.25, 0.3) is 0 Å². The number of aromatic nitrogens is 1. The summed E-state index contributed by atoms with van der Waals surface area (Å²) in [7, 11) is 0. The maximum absolute atomic E-state index is 13.7. The van der Waals surface area contributed by atoms with Crippen LogP contribution in [0, 0.1) is 5.82 Å². The molecule has 1 unspecified atom stereocenters. The second-order valence-electron chi connectivity index (χ2n) is 7.18. The van der Waals surface area contributed by atoms with Crippen molar-refractivity contribution in [3.05, 3.63) is 59.7 Å². The number of carbonyl (C=O) groups is 1. The van der Waals surface area contributed by atoms with Gasteiger partial charge in [0.15, 0.2) is 11.6 Å². The number of nitrogens with one attached hydrogen (secondary N) is 1. The Kier molecular flexibility index (Phi) is 5.34. The number of benzene rings is 1. The molecule has 0 saturated carbocycles. The number of carbonyl (C=O) groups excluding carboxylic acids is 1. The lowest BCUT2D eigenvalue weighted by molar-refractivity contribution is 0.0583. The second kappa shape index (κ2) is 8.05. The SMILES string of the molecule is O=C(c1cccc(C2CCNC2)n1)N1CCC(Oc2ccccc2F)CC1. The van der Waals surface area contributed by atoms with E-state index in [1.807, 2.05) is 17.0 Å². The molecule has 1 aromatic carbocycles. The fraction of sp³-hybridized carbons (Fsp3) is 0.429. The first-order valence-corrected chi connectivity index (χ1v) is 9.59. The lowest BCUT2D eigenvalue weighted by atomic mass is 10.0. The van der Waals surface area contributed by atoms with Crippen LogP contribution in [0.15, 0.2) is 42.5 Å². The van der Waals surface area contributed by atoms with Gasteiger partial charge in [-0.15, -0.1) is 0 Å². The van der Waals surface area contributed by atoms with Gasteiger partial charge in [-0.2, -0.15) is 0 Å². The van der Waals surface area contributed by atoms with E-state index < -0.39 is 0 Å². The summed E-state index contributed by atoms with van der Waals surface area (Å²) in [6, 6.07) is 12.1. The van der Waals surface area contributed by atoms with E-state index in [2.05, 4.69) is 10.3 Å². The zero-order valence-electron chi connectivity index (χ0n) is 15.2. The minimum absolute atomic E-state index is 0.0350. The molecular weight excluding hydrogens is 345 g/mol. The Bertz CT molecular complexity index is 800. The Morgan fingerprint density at radius 2 is 1.93 bits per heavy atom. The van der Waals surface area contributed by atoms with Crippen LogP contribution in [-0.4, -0.2) is 48.1 Å². The van der Waals surface area contributed by atoms with Crippen LogP contribution in [0.2, 0.25) is 0 Å². The van der Waals surface area contributed by atoms with E-state index in [1.165, 1.54) is 6.07 Å². The molecule has 6 heteroatoms. The summed E-state index contributed by atoms with van der Waals surface area (Å²) >= 11 is 0. The fourth-order valence-corrected chi connectivity index (χ4v) is 3.76. The van der Waals surface area contributed by atoms with Crippen molar-refractivity contribution >= 4 is 5.91 Å². The van der Waals surface area contributed by atoms with Crippen molar-refractivity contribution in [2.24, 2.45) is 0 Å². The highest BCUT2D eigenvalue weighted by molar-refractivity contribution is 5.92. The van der Waals surface area contributed by atoms with Crippen molar-refractivity contribution < 1.29 is 13.9 Å². The van der Waals surface area contributed by atoms with Gasteiger partial charge in [-0.25, -0.2) is 9.37 Å². The number of pyridine rings is 1. The first-order valence-electron chi connectivity index (χ1n) is 9.59. The van der Waals surface area contributed by atoms with Gasteiger partial charge < -0.3 is 15.0 Å². The Labute approximate surface area is 158 Å². The van der Waals surface area contributed by atoms with Crippen LogP contribution in [-0.2, 0) is 0 Å². The van der Waals surface area contributed by atoms with E-state index >= 15 is 0 Å². The third-order valence-corrected chi connectivity index (χ3v) is 5.33. The van der Waals surface area contributed by atoms with Crippen LogP contribution < -0.4 is 10.1 Å². The molecule has 0 bridgehead atoms. The quantitative estimate of drug-likeness (QED) is 0.900. The number of likely N-dealkylation sites (tertiary alicyclic amines) is 1. The molecule has 4 rings (SSSR count). The molecule has 2 aliphatic rings. The number of halogens is 1. The van der Waals surface area contributed by atoms with Crippen molar-refractivity contribution in [3.63, 3.8) is 0 Å². The smallest absolute Gasteiger partial charge is 0.272 e. The van der Waals surface area contributed by atoms with Gasteiger partial charge in [-0.05, 0) is 37.2 Å². The average molecular weight is 369 g/mol. The lowest BCUT2D eigenvalue weighted by Gasteiger charge is -2.32. The molecule has 0 spiro atoms. The molecule has 1 atom stereocenters. The summed E-state index contributed by atoms with van der Waals surface area (Å²) in [4.78, 5) is 19.3. The summed E-state index contributed by atoms with van der Waals surface area (Å²) in [5.74, 6) is 0.282. The highest BCUT2D eigenvalue weighted by Crippen LogP contribution is 2.23. The highest BCUT2D eigenvalue weighted by Gasteiger charge is 2.27. The summed E-state index contributed by atoms with van der Waals surface area (Å²) in [6.45, 7) is 3.10. The standard InChI is InChI=1S/C21H24FN3O2/c22-17-4-1-2-7-20(17)27-16-9-12-25(13-10-16)21(26)19-6-3-5-18(24-19)15-8-11-23-14-15/h1-7,15-16,23H,8-14H2. The molecule has 2 fully saturated rings. The summed E-state index contributed by atoms with van der Waals surface area (Å²) in [5, 5.41) is 3.34. The van der Waals surface area contributed by atoms with Crippen molar-refractivity contribution in [2.45, 2.75) is 31.3 Å². The topological polar surface area (TPSA) is 54.5 Å². The average Bonchev–Trinajstić information content (AvgIpc) is 3.25. The van der Waals surface area contributed by atoms with Gasteiger partial charge in [-0.3, -0.25) is 4.79 Å². The number of amides is 1. The van der Waals surface area contributed by atoms with Crippen LogP contribution in [0.5, 0.6) is 5.75 Å². The Morgan fingerprint density at radius 3 is 2.67 bits per heavy atom. The lowest BCUT2D eigenvalue weighted by Crippen LogP contribution is -2.42. The molecule has 1 N–H and O–H groups in total. The van der Waals surface area contributed by atoms with E-state index in [9.17, 15) is 9.18 Å². The molecule has 27 heavy (non-hydrogen) atoms. The Hall–Kier alpha value is -2.47. The molecule has 5 nitrogen and oxygen atoms in total. The van der Waals surface area contributed by atoms with Gasteiger partial charge in [0.1, 0.15) is 11.8 Å². The number of ether oxygens (including phenoxy) is 1. The van der Waals surface area contributed by atoms with Crippen molar-refractivity contribution in [3.8, 4) is 5.75 Å². The Balaban J connectivity index is 1.36. The predicted molar refractivity (Wildman–Crippen MR) is 100 cm³/mol. The van der Waals surface area contributed by atoms with E-state index in [1.54, 1.807) is 24.3 Å². The third-order valence-electron chi connectivity index (χ3n) is 5.33. The van der Waals surface area contributed by atoms with Gasteiger partial charge in [0.25, 0.3) is 5.91 Å². The van der Waals surface area contributed by atoms with Crippen LogP contribution in [0.4, 0.5) is 4.39 Å². The van der Waals surface area contributed by atoms with Gasteiger partial charge in [0, 0.05) is 44.1 Å². The van der Waals surface area contributed by atoms with Gasteiger partial charge in [0.2, 0.25) is 0 Å². The largest absolute Gasteiger partial charge is 0.487 e. The number of rotatable bonds is 4. The van der Waals surface area contributed by atoms with E-state index in [-0.39, 0.29) is 23.6 Å². The minimum Gasteiger partial charge on any atom is -0.487 e. The summed E-state index contributed by atoms with van der Waals surface area (Å²) < 4.78 is 19.5. The minimum atomic E-state index is -0.349. The first-order chi connectivity index (χ1) is 13.2. The second-order valence-corrected chi connectivity index (χ2v) is 7.18. The van der Waals surface area contributed by atoms with E-state index in [0.717, 1.165) is 25.2 Å². The molecule has 142 valence electrons. The van der Waals surface area contributed by atoms with Crippen LogP contribution >= 0.6 is 0 Å². The molecule has 3 heterocycles. The summed E-state index contributed by atoms with van der Waals surface area (Å²) in [6.07, 6.45) is 2.36. The molecule has 2 aromatic rings.